The lowest BCUT2D eigenvalue weighted by Crippen LogP contribution is -2.07. The predicted octanol–water partition coefficient (Wildman–Crippen LogP) is 3.51. The average Bonchev–Trinajstić information content (AvgIpc) is 2.74. The van der Waals surface area contributed by atoms with Crippen molar-refractivity contribution in [3.63, 3.8) is 0 Å². The number of aryl methyl sites for hydroxylation is 1. The number of hydrogen-bond donors (Lipinski definition) is 1. The summed E-state index contributed by atoms with van der Waals surface area (Å²) < 4.78 is 43.2. The summed E-state index contributed by atoms with van der Waals surface area (Å²) in [5.41, 5.74) is -0.540. The first-order valence-corrected chi connectivity index (χ1v) is 6.78. The molecule has 0 radical (unpaired) electrons. The van der Waals surface area contributed by atoms with E-state index in [-0.39, 0.29) is 10.5 Å². The molecule has 1 aromatic heterocycles. The number of aliphatic hydroxyl groups is 1. The van der Waals surface area contributed by atoms with Crippen molar-refractivity contribution in [2.75, 3.05) is 0 Å². The number of rotatable bonds is 3. The molecule has 0 fully saturated rings. The first-order chi connectivity index (χ1) is 8.90. The normalized spacial score (nSPS) is 11.8. The van der Waals surface area contributed by atoms with Crippen LogP contribution in [0.4, 0.5) is 13.2 Å². The summed E-state index contributed by atoms with van der Waals surface area (Å²) in [6.45, 7) is 1.26. The molecule has 0 bridgehead atoms. The topological polar surface area (TPSA) is 46.0 Å². The van der Waals surface area contributed by atoms with Crippen LogP contribution in [0, 0.1) is 6.92 Å². The molecule has 0 unspecified atom stereocenters. The van der Waals surface area contributed by atoms with Gasteiger partial charge in [0, 0.05) is 4.90 Å². The molecule has 19 heavy (non-hydrogen) atoms. The molecule has 1 N–H and O–H groups in total. The molecule has 3 nitrogen and oxygen atoms in total. The maximum Gasteiger partial charge on any atom is 0.417 e. The van der Waals surface area contributed by atoms with E-state index in [1.807, 2.05) is 0 Å². The number of aromatic nitrogens is 2. The monoisotopic (exact) mass is 306 g/mol. The first-order valence-electron chi connectivity index (χ1n) is 5.19. The van der Waals surface area contributed by atoms with Crippen molar-refractivity contribution >= 4 is 23.3 Å². The predicted molar refractivity (Wildman–Crippen MR) is 66.1 cm³/mol. The number of alkyl halides is 3. The number of hydrogen-bond acceptors (Lipinski definition) is 5. The van der Waals surface area contributed by atoms with Crippen LogP contribution in [0.1, 0.15) is 17.0 Å². The molecule has 1 aromatic carbocycles. The summed E-state index contributed by atoms with van der Waals surface area (Å²) in [5, 5.41) is 8.92. The van der Waals surface area contributed by atoms with Crippen LogP contribution < -0.4 is 0 Å². The van der Waals surface area contributed by atoms with Crippen LogP contribution in [-0.2, 0) is 12.8 Å². The van der Waals surface area contributed by atoms with Crippen molar-refractivity contribution in [2.24, 2.45) is 0 Å². The fourth-order valence-corrected chi connectivity index (χ4v) is 3.14. The third-order valence-corrected chi connectivity index (χ3v) is 4.16. The molecule has 2 aromatic rings. The van der Waals surface area contributed by atoms with Crippen LogP contribution in [-0.4, -0.2) is 14.5 Å². The van der Waals surface area contributed by atoms with Gasteiger partial charge in [-0.3, -0.25) is 0 Å². The minimum Gasteiger partial charge on any atom is -0.392 e. The smallest absolute Gasteiger partial charge is 0.392 e. The SMILES string of the molecule is Cc1nsc(Sc2ccc(CO)cc2C(F)(F)F)n1. The van der Waals surface area contributed by atoms with E-state index in [0.29, 0.717) is 10.2 Å². The van der Waals surface area contributed by atoms with E-state index in [4.69, 9.17) is 5.11 Å². The van der Waals surface area contributed by atoms with Crippen molar-refractivity contribution in [3.05, 3.63) is 35.2 Å². The van der Waals surface area contributed by atoms with E-state index in [1.165, 1.54) is 12.1 Å². The second-order valence-electron chi connectivity index (χ2n) is 3.70. The Morgan fingerprint density at radius 2 is 2.11 bits per heavy atom. The zero-order valence-corrected chi connectivity index (χ0v) is 11.4. The van der Waals surface area contributed by atoms with Gasteiger partial charge < -0.3 is 5.11 Å². The quantitative estimate of drug-likeness (QED) is 0.942. The number of benzene rings is 1. The summed E-state index contributed by atoms with van der Waals surface area (Å²) in [4.78, 5) is 4.08. The van der Waals surface area contributed by atoms with E-state index in [0.717, 1.165) is 29.4 Å². The molecule has 0 saturated carbocycles. The van der Waals surface area contributed by atoms with Gasteiger partial charge >= 0.3 is 6.18 Å². The Hall–Kier alpha value is -1.12. The minimum absolute atomic E-state index is 0.0563. The van der Waals surface area contributed by atoms with Crippen LogP contribution in [0.3, 0.4) is 0 Å². The molecule has 102 valence electrons. The van der Waals surface area contributed by atoms with Crippen molar-refractivity contribution in [3.8, 4) is 0 Å². The molecule has 0 saturated heterocycles. The average molecular weight is 306 g/mol. The van der Waals surface area contributed by atoms with E-state index in [9.17, 15) is 13.2 Å². The first kappa shape index (κ1) is 14.3. The maximum absolute atomic E-state index is 12.9. The number of nitrogens with zero attached hydrogens (tertiary/aromatic N) is 2. The minimum atomic E-state index is -4.47. The Balaban J connectivity index is 2.39. The Kier molecular flexibility index (Phi) is 4.12. The van der Waals surface area contributed by atoms with Gasteiger partial charge in [0.2, 0.25) is 0 Å². The van der Waals surface area contributed by atoms with Gasteiger partial charge in [-0.1, -0.05) is 17.8 Å². The highest BCUT2D eigenvalue weighted by Crippen LogP contribution is 2.40. The molecule has 1 heterocycles. The second-order valence-corrected chi connectivity index (χ2v) is 5.74. The van der Waals surface area contributed by atoms with E-state index < -0.39 is 18.3 Å². The standard InChI is InChI=1S/C11H9F3N2OS2/c1-6-15-10(19-16-6)18-9-3-2-7(5-17)4-8(9)11(12,13)14/h2-4,17H,5H2,1H3. The van der Waals surface area contributed by atoms with Gasteiger partial charge in [0.15, 0.2) is 4.34 Å². The van der Waals surface area contributed by atoms with Crippen LogP contribution in [0.25, 0.3) is 0 Å². The van der Waals surface area contributed by atoms with Gasteiger partial charge in [-0.25, -0.2) is 4.98 Å². The molecule has 0 atom stereocenters. The zero-order chi connectivity index (χ0) is 14.0. The fraction of sp³-hybridized carbons (Fsp3) is 0.273. The molecule has 0 spiro atoms. The highest BCUT2D eigenvalue weighted by Gasteiger charge is 2.34. The molecule has 0 amide bonds. The zero-order valence-electron chi connectivity index (χ0n) is 9.73. The van der Waals surface area contributed by atoms with Gasteiger partial charge in [-0.15, -0.1) is 0 Å². The Labute approximate surface area is 115 Å². The van der Waals surface area contributed by atoms with Gasteiger partial charge in [-0.05, 0) is 36.2 Å². The molecule has 8 heteroatoms. The van der Waals surface area contributed by atoms with Gasteiger partial charge in [0.1, 0.15) is 5.82 Å². The number of halogens is 3. The van der Waals surface area contributed by atoms with E-state index in [2.05, 4.69) is 9.36 Å². The largest absolute Gasteiger partial charge is 0.417 e. The lowest BCUT2D eigenvalue weighted by atomic mass is 10.1. The van der Waals surface area contributed by atoms with Gasteiger partial charge in [-0.2, -0.15) is 17.5 Å². The summed E-state index contributed by atoms with van der Waals surface area (Å²) >= 11 is 1.98. The summed E-state index contributed by atoms with van der Waals surface area (Å²) in [6, 6.07) is 3.76. The third-order valence-electron chi connectivity index (χ3n) is 2.24. The lowest BCUT2D eigenvalue weighted by Gasteiger charge is -2.12. The van der Waals surface area contributed by atoms with Gasteiger partial charge in [0.05, 0.1) is 12.2 Å². The maximum atomic E-state index is 12.9. The van der Waals surface area contributed by atoms with E-state index in [1.54, 1.807) is 6.92 Å². The summed E-state index contributed by atoms with van der Waals surface area (Å²) in [5.74, 6) is 0.535. The van der Waals surface area contributed by atoms with Crippen LogP contribution in [0.15, 0.2) is 27.4 Å². The van der Waals surface area contributed by atoms with Crippen molar-refractivity contribution in [2.45, 2.75) is 28.9 Å². The summed E-state index contributed by atoms with van der Waals surface area (Å²) in [6.07, 6.45) is -4.47. The number of aliphatic hydroxyl groups excluding tert-OH is 1. The molecule has 0 aliphatic rings. The molecule has 0 aliphatic carbocycles. The Bertz CT molecular complexity index is 584. The van der Waals surface area contributed by atoms with Crippen LogP contribution in [0.2, 0.25) is 0 Å². The van der Waals surface area contributed by atoms with Gasteiger partial charge in [0.25, 0.3) is 0 Å². The fourth-order valence-electron chi connectivity index (χ4n) is 1.40. The van der Waals surface area contributed by atoms with E-state index >= 15 is 0 Å². The third kappa shape index (κ3) is 3.46. The van der Waals surface area contributed by atoms with Crippen molar-refractivity contribution in [1.82, 2.24) is 9.36 Å². The molecular weight excluding hydrogens is 297 g/mol. The Morgan fingerprint density at radius 3 is 2.63 bits per heavy atom. The molecular formula is C11H9F3N2OS2. The Morgan fingerprint density at radius 1 is 1.37 bits per heavy atom. The highest BCUT2D eigenvalue weighted by molar-refractivity contribution is 8.01. The van der Waals surface area contributed by atoms with Crippen molar-refractivity contribution < 1.29 is 18.3 Å². The molecule has 0 aliphatic heterocycles. The lowest BCUT2D eigenvalue weighted by molar-refractivity contribution is -0.139. The second kappa shape index (κ2) is 5.48. The van der Waals surface area contributed by atoms with Crippen molar-refractivity contribution in [1.29, 1.82) is 0 Å². The summed E-state index contributed by atoms with van der Waals surface area (Å²) in [7, 11) is 0. The van der Waals surface area contributed by atoms with Crippen LogP contribution in [0.5, 0.6) is 0 Å². The molecule has 2 rings (SSSR count). The highest BCUT2D eigenvalue weighted by atomic mass is 32.2. The van der Waals surface area contributed by atoms with Crippen LogP contribution >= 0.6 is 23.3 Å².